The molecule has 0 aliphatic heterocycles. The molecule has 0 aromatic carbocycles. The van der Waals surface area contributed by atoms with E-state index in [4.69, 9.17) is 2.74 Å². The fraction of sp³-hybridized carbons (Fsp3) is 0.500. The molecule has 0 heterocycles. The van der Waals surface area contributed by atoms with Gasteiger partial charge in [-0.2, -0.15) is 0 Å². The van der Waals surface area contributed by atoms with Gasteiger partial charge in [-0.05, 0) is 0 Å². The van der Waals surface area contributed by atoms with Gasteiger partial charge in [0, 0.05) is 2.74 Å². The van der Waals surface area contributed by atoms with Gasteiger partial charge < -0.3 is 9.47 Å². The van der Waals surface area contributed by atoms with Crippen molar-refractivity contribution in [2.24, 2.45) is 0 Å². The van der Waals surface area contributed by atoms with E-state index in [0.29, 0.717) is 0 Å². The summed E-state index contributed by atoms with van der Waals surface area (Å²) < 4.78 is 21.8. The van der Waals surface area contributed by atoms with Crippen LogP contribution < -0.4 is 0 Å². The van der Waals surface area contributed by atoms with E-state index in [-0.39, 0.29) is 0 Å². The smallest absolute Gasteiger partial charge is 0.374 e. The first-order valence-corrected chi connectivity index (χ1v) is 2.59. The first-order chi connectivity index (χ1) is 5.87. The molecular weight excluding hydrogens is 152 g/mol. The molecular formula is C6H8O5. The number of esters is 2. The third-order valence-corrected chi connectivity index (χ3v) is 0.772. The normalized spacial score (nSPS) is 12.5. The number of carbonyl (C=O) groups is 3. The monoisotopic (exact) mass is 162 g/mol. The lowest BCUT2D eigenvalue weighted by atomic mass is 10.3. The highest BCUT2D eigenvalue weighted by molar-refractivity contribution is 6.36. The topological polar surface area (TPSA) is 69.7 Å². The summed E-state index contributed by atoms with van der Waals surface area (Å²) in [6.45, 7) is 0. The molecule has 0 amide bonds. The minimum absolute atomic E-state index is 0.907. The molecule has 0 saturated carbocycles. The number of rotatable bonds is 3. The molecule has 0 atom stereocenters. The SMILES string of the molecule is [2H]C([2H])(C(=O)OC)C(=O)C(=O)OC. The number of ketones is 1. The van der Waals surface area contributed by atoms with Crippen molar-refractivity contribution in [3.05, 3.63) is 0 Å². The minimum Gasteiger partial charge on any atom is -0.469 e. The van der Waals surface area contributed by atoms with Gasteiger partial charge >= 0.3 is 11.9 Å². The lowest BCUT2D eigenvalue weighted by Gasteiger charge is -1.96. The Morgan fingerprint density at radius 3 is 2.18 bits per heavy atom. The van der Waals surface area contributed by atoms with Crippen LogP contribution in [0.1, 0.15) is 9.11 Å². The van der Waals surface area contributed by atoms with Gasteiger partial charge in [0.25, 0.3) is 5.78 Å². The van der Waals surface area contributed by atoms with E-state index in [1.165, 1.54) is 0 Å². The number of carbonyl (C=O) groups excluding carboxylic acids is 3. The molecule has 0 bridgehead atoms. The van der Waals surface area contributed by atoms with Crippen molar-refractivity contribution in [1.82, 2.24) is 0 Å². The van der Waals surface area contributed by atoms with Gasteiger partial charge in [0.2, 0.25) is 0 Å². The van der Waals surface area contributed by atoms with E-state index in [2.05, 4.69) is 9.47 Å². The molecule has 0 radical (unpaired) electrons. The zero-order valence-corrected chi connectivity index (χ0v) is 6.04. The van der Waals surface area contributed by atoms with Gasteiger partial charge in [0.05, 0.1) is 14.2 Å². The number of methoxy groups -OCH3 is 2. The lowest BCUT2D eigenvalue weighted by molar-refractivity contribution is -0.155. The number of hydrogen-bond donors (Lipinski definition) is 0. The summed E-state index contributed by atoms with van der Waals surface area (Å²) in [5.74, 6) is -4.43. The van der Waals surface area contributed by atoms with Gasteiger partial charge in [-0.25, -0.2) is 4.79 Å². The summed E-state index contributed by atoms with van der Waals surface area (Å²) in [7, 11) is 1.82. The van der Waals surface area contributed by atoms with Crippen LogP contribution in [0.15, 0.2) is 0 Å². The Labute approximate surface area is 66.1 Å². The van der Waals surface area contributed by atoms with Gasteiger partial charge in [-0.15, -0.1) is 0 Å². The predicted molar refractivity (Wildman–Crippen MR) is 33.7 cm³/mol. The number of Topliss-reactive ketones (excluding diaryl/α,β-unsaturated/α-hetero) is 1. The number of hydrogen-bond acceptors (Lipinski definition) is 5. The van der Waals surface area contributed by atoms with Crippen LogP contribution in [-0.2, 0) is 23.9 Å². The van der Waals surface area contributed by atoms with Crippen LogP contribution in [0.25, 0.3) is 0 Å². The van der Waals surface area contributed by atoms with E-state index in [0.717, 1.165) is 14.2 Å². The Morgan fingerprint density at radius 1 is 1.27 bits per heavy atom. The summed E-state index contributed by atoms with van der Waals surface area (Å²) in [6, 6.07) is 0. The van der Waals surface area contributed by atoms with Crippen molar-refractivity contribution in [2.45, 2.75) is 6.37 Å². The maximum Gasteiger partial charge on any atom is 0.374 e. The molecule has 0 N–H and O–H groups in total. The molecule has 0 aromatic heterocycles. The van der Waals surface area contributed by atoms with Crippen molar-refractivity contribution in [3.63, 3.8) is 0 Å². The van der Waals surface area contributed by atoms with Crippen LogP contribution in [0.4, 0.5) is 0 Å². The molecule has 5 heteroatoms. The molecule has 62 valence electrons. The number of ether oxygens (including phenoxy) is 2. The largest absolute Gasteiger partial charge is 0.469 e. The van der Waals surface area contributed by atoms with E-state index in [9.17, 15) is 14.4 Å². The first kappa shape index (κ1) is 6.33. The van der Waals surface area contributed by atoms with Gasteiger partial charge in [0.15, 0.2) is 0 Å². The molecule has 0 unspecified atom stereocenters. The zero-order valence-electron chi connectivity index (χ0n) is 8.04. The highest BCUT2D eigenvalue weighted by Crippen LogP contribution is 1.88. The first-order valence-electron chi connectivity index (χ1n) is 3.59. The Hall–Kier alpha value is -1.39. The third-order valence-electron chi connectivity index (χ3n) is 0.772. The molecule has 0 aliphatic rings. The standard InChI is InChI=1S/C6H8O5/c1-10-5(8)3-4(7)6(9)11-2/h3H2,1-2H3/i3D2. The minimum atomic E-state index is -2.98. The second-order valence-corrected chi connectivity index (χ2v) is 1.44. The van der Waals surface area contributed by atoms with Crippen molar-refractivity contribution in [1.29, 1.82) is 0 Å². The molecule has 0 rings (SSSR count). The third kappa shape index (κ3) is 3.34. The van der Waals surface area contributed by atoms with Gasteiger partial charge in [0.1, 0.15) is 6.37 Å². The van der Waals surface area contributed by atoms with E-state index >= 15 is 0 Å². The van der Waals surface area contributed by atoms with Crippen molar-refractivity contribution in [2.75, 3.05) is 14.2 Å². The quantitative estimate of drug-likeness (QED) is 0.311. The fourth-order valence-electron chi connectivity index (χ4n) is 0.287. The average molecular weight is 162 g/mol. The van der Waals surface area contributed by atoms with Crippen LogP contribution in [0.5, 0.6) is 0 Å². The molecule has 0 saturated heterocycles. The Kier molecular flexibility index (Phi) is 2.55. The van der Waals surface area contributed by atoms with E-state index in [1.807, 2.05) is 0 Å². The lowest BCUT2D eigenvalue weighted by Crippen LogP contribution is -2.19. The van der Waals surface area contributed by atoms with Gasteiger partial charge in [-0.1, -0.05) is 0 Å². The van der Waals surface area contributed by atoms with E-state index in [1.54, 1.807) is 0 Å². The summed E-state index contributed by atoms with van der Waals surface area (Å²) >= 11 is 0. The maximum atomic E-state index is 10.8. The summed E-state index contributed by atoms with van der Waals surface area (Å²) in [5.41, 5.74) is 0. The van der Waals surface area contributed by atoms with Crippen LogP contribution >= 0.6 is 0 Å². The second kappa shape index (κ2) is 4.43. The average Bonchev–Trinajstić information content (AvgIpc) is 2.13. The van der Waals surface area contributed by atoms with Crippen molar-refractivity contribution in [3.8, 4) is 0 Å². The summed E-state index contributed by atoms with van der Waals surface area (Å²) in [4.78, 5) is 32.1. The molecule has 0 spiro atoms. The summed E-state index contributed by atoms with van der Waals surface area (Å²) in [6.07, 6.45) is -2.98. The van der Waals surface area contributed by atoms with Crippen LogP contribution in [-0.4, -0.2) is 31.9 Å². The van der Waals surface area contributed by atoms with Crippen LogP contribution in [0, 0.1) is 0 Å². The zero-order chi connectivity index (χ0) is 10.6. The second-order valence-electron chi connectivity index (χ2n) is 1.44. The van der Waals surface area contributed by atoms with Crippen LogP contribution in [0.3, 0.4) is 0 Å². The Balaban J connectivity index is 4.73. The highest BCUT2D eigenvalue weighted by Gasteiger charge is 2.17. The molecule has 11 heavy (non-hydrogen) atoms. The highest BCUT2D eigenvalue weighted by atomic mass is 16.5. The summed E-state index contributed by atoms with van der Waals surface area (Å²) in [5, 5.41) is 0. The maximum absolute atomic E-state index is 10.8. The predicted octanol–water partition coefficient (Wildman–Crippen LogP) is -0.708. The van der Waals surface area contributed by atoms with Gasteiger partial charge in [-0.3, -0.25) is 9.59 Å². The Bertz CT molecular complexity index is 247. The van der Waals surface area contributed by atoms with Crippen molar-refractivity contribution < 1.29 is 26.6 Å². The van der Waals surface area contributed by atoms with Crippen molar-refractivity contribution >= 4 is 17.7 Å². The van der Waals surface area contributed by atoms with Crippen LogP contribution in [0.2, 0.25) is 0 Å². The molecule has 5 nitrogen and oxygen atoms in total. The molecule has 0 aromatic rings. The molecule has 0 aliphatic carbocycles. The fourth-order valence-corrected chi connectivity index (χ4v) is 0.287. The Morgan fingerprint density at radius 2 is 1.82 bits per heavy atom. The molecule has 0 fully saturated rings. The van der Waals surface area contributed by atoms with E-state index < -0.39 is 24.1 Å².